The van der Waals surface area contributed by atoms with Gasteiger partial charge in [-0.15, -0.1) is 0 Å². The summed E-state index contributed by atoms with van der Waals surface area (Å²) in [5.74, 6) is 0.888. The predicted molar refractivity (Wildman–Crippen MR) is 62.2 cm³/mol. The average Bonchev–Trinajstić information content (AvgIpc) is 2.30. The molecule has 0 aliphatic carbocycles. The summed E-state index contributed by atoms with van der Waals surface area (Å²) in [5, 5.41) is 14.5. The molecule has 0 unspecified atom stereocenters. The van der Waals surface area contributed by atoms with E-state index in [2.05, 4.69) is 39.7 Å². The van der Waals surface area contributed by atoms with Crippen molar-refractivity contribution in [3.05, 3.63) is 11.4 Å². The monoisotopic (exact) mass is 210 g/mol. The van der Waals surface area contributed by atoms with E-state index < -0.39 is 0 Å². The smallest absolute Gasteiger partial charge is 0.160 e. The summed E-state index contributed by atoms with van der Waals surface area (Å²) < 4.78 is 1.90. The Labute approximate surface area is 92.1 Å². The first-order valence-corrected chi connectivity index (χ1v) is 5.50. The number of nitrogens with zero attached hydrogens (tertiary/aromatic N) is 2. The Morgan fingerprint density at radius 1 is 1.33 bits per heavy atom. The molecule has 15 heavy (non-hydrogen) atoms. The van der Waals surface area contributed by atoms with Gasteiger partial charge in [-0.05, 0) is 12.8 Å². The fourth-order valence-electron chi connectivity index (χ4n) is 1.57. The molecule has 86 valence electrons. The van der Waals surface area contributed by atoms with Crippen LogP contribution in [0.2, 0.25) is 0 Å². The highest BCUT2D eigenvalue weighted by atomic mass is 16.3. The fraction of sp³-hybridized carbons (Fsp3) is 0.750. The maximum atomic E-state index is 9.98. The molecular formula is C12H22N2O. The summed E-state index contributed by atoms with van der Waals surface area (Å²) in [4.78, 5) is 0. The van der Waals surface area contributed by atoms with Gasteiger partial charge < -0.3 is 5.11 Å². The Morgan fingerprint density at radius 2 is 1.87 bits per heavy atom. The quantitative estimate of drug-likeness (QED) is 0.815. The van der Waals surface area contributed by atoms with Crippen LogP contribution in [-0.4, -0.2) is 14.9 Å². The Morgan fingerprint density at radius 3 is 2.20 bits per heavy atom. The molecule has 1 aromatic rings. The maximum Gasteiger partial charge on any atom is 0.160 e. The molecular weight excluding hydrogens is 188 g/mol. The molecule has 0 atom stereocenters. The molecule has 3 heteroatoms. The lowest BCUT2D eigenvalue weighted by Crippen LogP contribution is -2.14. The molecule has 0 aliphatic heterocycles. The standard InChI is InChI=1S/C12H22N2O/c1-8(2)7-14-9(3)10(15)11(13-14)12(4,5)6/h8,15H,7H2,1-6H3. The third-order valence-corrected chi connectivity index (χ3v) is 2.42. The van der Waals surface area contributed by atoms with E-state index in [1.807, 2.05) is 11.6 Å². The van der Waals surface area contributed by atoms with Crippen LogP contribution in [0.15, 0.2) is 0 Å². The van der Waals surface area contributed by atoms with Crippen molar-refractivity contribution in [2.24, 2.45) is 5.92 Å². The summed E-state index contributed by atoms with van der Waals surface area (Å²) in [5.41, 5.74) is 1.56. The van der Waals surface area contributed by atoms with E-state index in [1.165, 1.54) is 0 Å². The lowest BCUT2D eigenvalue weighted by atomic mass is 9.91. The van der Waals surface area contributed by atoms with Crippen LogP contribution in [0, 0.1) is 12.8 Å². The lowest BCUT2D eigenvalue weighted by Gasteiger charge is -2.15. The zero-order valence-electron chi connectivity index (χ0n) is 10.6. The van der Waals surface area contributed by atoms with E-state index in [-0.39, 0.29) is 5.41 Å². The first-order chi connectivity index (χ1) is 6.73. The molecule has 0 radical (unpaired) electrons. The summed E-state index contributed by atoms with van der Waals surface area (Å²) in [7, 11) is 0. The Bertz CT molecular complexity index is 345. The van der Waals surface area contributed by atoms with Crippen LogP contribution in [0.3, 0.4) is 0 Å². The normalized spacial score (nSPS) is 12.5. The fourth-order valence-corrected chi connectivity index (χ4v) is 1.57. The van der Waals surface area contributed by atoms with Gasteiger partial charge in [0.2, 0.25) is 0 Å². The van der Waals surface area contributed by atoms with Crippen LogP contribution in [0.1, 0.15) is 46.0 Å². The van der Waals surface area contributed by atoms with Crippen molar-refractivity contribution in [2.75, 3.05) is 0 Å². The van der Waals surface area contributed by atoms with Gasteiger partial charge in [0, 0.05) is 12.0 Å². The van der Waals surface area contributed by atoms with Crippen molar-refractivity contribution in [2.45, 2.75) is 53.5 Å². The van der Waals surface area contributed by atoms with Crippen molar-refractivity contribution in [1.82, 2.24) is 9.78 Å². The highest BCUT2D eigenvalue weighted by molar-refractivity contribution is 5.35. The molecule has 0 saturated carbocycles. The molecule has 1 N–H and O–H groups in total. The van der Waals surface area contributed by atoms with E-state index in [9.17, 15) is 5.11 Å². The lowest BCUT2D eigenvalue weighted by molar-refractivity contribution is 0.441. The minimum Gasteiger partial charge on any atom is -0.504 e. The van der Waals surface area contributed by atoms with Gasteiger partial charge in [0.15, 0.2) is 5.75 Å². The van der Waals surface area contributed by atoms with E-state index in [0.717, 1.165) is 17.9 Å². The third kappa shape index (κ3) is 2.52. The molecule has 0 spiro atoms. The van der Waals surface area contributed by atoms with Crippen LogP contribution < -0.4 is 0 Å². The molecule has 1 aromatic heterocycles. The second-order valence-corrected chi connectivity index (χ2v) is 5.61. The van der Waals surface area contributed by atoms with Gasteiger partial charge >= 0.3 is 0 Å². The summed E-state index contributed by atoms with van der Waals surface area (Å²) >= 11 is 0. The predicted octanol–water partition coefficient (Wildman–Crippen LogP) is 2.85. The molecule has 1 heterocycles. The van der Waals surface area contributed by atoms with Gasteiger partial charge in [0.05, 0.1) is 5.69 Å². The topological polar surface area (TPSA) is 38.1 Å². The zero-order chi connectivity index (χ0) is 11.8. The van der Waals surface area contributed by atoms with E-state index >= 15 is 0 Å². The molecule has 0 saturated heterocycles. The van der Waals surface area contributed by atoms with Gasteiger partial charge in [-0.25, -0.2) is 0 Å². The van der Waals surface area contributed by atoms with Crippen LogP contribution in [0.5, 0.6) is 5.75 Å². The number of rotatable bonds is 2. The average molecular weight is 210 g/mol. The Kier molecular flexibility index (Phi) is 3.12. The first kappa shape index (κ1) is 12.1. The van der Waals surface area contributed by atoms with Crippen LogP contribution in [0.25, 0.3) is 0 Å². The summed E-state index contributed by atoms with van der Waals surface area (Å²) in [6, 6.07) is 0. The summed E-state index contributed by atoms with van der Waals surface area (Å²) in [6.45, 7) is 13.3. The SMILES string of the molecule is Cc1c(O)c(C(C)(C)C)nn1CC(C)C. The second-order valence-electron chi connectivity index (χ2n) is 5.61. The second kappa shape index (κ2) is 3.87. The van der Waals surface area contributed by atoms with Gasteiger partial charge in [0.25, 0.3) is 0 Å². The minimum absolute atomic E-state index is 0.100. The van der Waals surface area contributed by atoms with Crippen molar-refractivity contribution in [3.63, 3.8) is 0 Å². The van der Waals surface area contributed by atoms with Crippen LogP contribution in [0.4, 0.5) is 0 Å². The Hall–Kier alpha value is -0.990. The van der Waals surface area contributed by atoms with Gasteiger partial charge in [0.1, 0.15) is 5.69 Å². The van der Waals surface area contributed by atoms with Crippen LogP contribution in [-0.2, 0) is 12.0 Å². The van der Waals surface area contributed by atoms with Gasteiger partial charge in [-0.2, -0.15) is 5.10 Å². The van der Waals surface area contributed by atoms with Crippen molar-refractivity contribution in [3.8, 4) is 5.75 Å². The molecule has 0 aliphatic rings. The maximum absolute atomic E-state index is 9.98. The largest absolute Gasteiger partial charge is 0.504 e. The van der Waals surface area contributed by atoms with Gasteiger partial charge in [-0.3, -0.25) is 4.68 Å². The molecule has 0 aromatic carbocycles. The number of aromatic hydroxyl groups is 1. The molecule has 3 nitrogen and oxygen atoms in total. The van der Waals surface area contributed by atoms with E-state index in [0.29, 0.717) is 11.7 Å². The zero-order valence-corrected chi connectivity index (χ0v) is 10.6. The number of hydrogen-bond donors (Lipinski definition) is 1. The first-order valence-electron chi connectivity index (χ1n) is 5.50. The van der Waals surface area contributed by atoms with Crippen molar-refractivity contribution >= 4 is 0 Å². The minimum atomic E-state index is -0.100. The summed E-state index contributed by atoms with van der Waals surface area (Å²) in [6.07, 6.45) is 0. The highest BCUT2D eigenvalue weighted by Crippen LogP contribution is 2.32. The van der Waals surface area contributed by atoms with Crippen molar-refractivity contribution in [1.29, 1.82) is 0 Å². The molecule has 0 bridgehead atoms. The van der Waals surface area contributed by atoms with E-state index in [1.54, 1.807) is 0 Å². The van der Waals surface area contributed by atoms with Crippen LogP contribution >= 0.6 is 0 Å². The molecule has 0 amide bonds. The molecule has 0 fully saturated rings. The number of aromatic nitrogens is 2. The Balaban J connectivity index is 3.13. The van der Waals surface area contributed by atoms with E-state index in [4.69, 9.17) is 0 Å². The van der Waals surface area contributed by atoms with Crippen molar-refractivity contribution < 1.29 is 5.11 Å². The third-order valence-electron chi connectivity index (χ3n) is 2.42. The number of hydrogen-bond acceptors (Lipinski definition) is 2. The van der Waals surface area contributed by atoms with Gasteiger partial charge in [-0.1, -0.05) is 34.6 Å². The molecule has 1 rings (SSSR count). The highest BCUT2D eigenvalue weighted by Gasteiger charge is 2.24.